The molecule has 5 heteroatoms. The third-order valence-corrected chi connectivity index (χ3v) is 6.55. The molecule has 1 aromatic heterocycles. The van der Waals surface area contributed by atoms with Gasteiger partial charge in [-0.2, -0.15) is 0 Å². The Balaban J connectivity index is 1.79. The van der Waals surface area contributed by atoms with Gasteiger partial charge >= 0.3 is 5.95 Å². The molecule has 0 aliphatic heterocycles. The molecule has 0 atom stereocenters. The minimum atomic E-state index is -0.307. The van der Waals surface area contributed by atoms with Crippen molar-refractivity contribution in [2.75, 3.05) is 5.73 Å². The third-order valence-electron chi connectivity index (χ3n) is 6.55. The maximum Gasteiger partial charge on any atom is 0.356 e. The molecule has 3 N–H and O–H groups in total. The standard InChI is InChI=1S/C30H35N3O2/c1-29(2,3)22-16-21(17-23(27(22)35)30(4,5)6)26(34)19-33-25-15-11-10-14-24(25)32(28(33)31)18-20-12-8-7-9-13-20/h7-17,31H,18-19H2,1-6H3,(H,34,35)/p+1. The number of ketones is 1. The Morgan fingerprint density at radius 1 is 0.886 bits per heavy atom. The van der Waals surface area contributed by atoms with Gasteiger partial charge in [-0.3, -0.25) is 10.5 Å². The summed E-state index contributed by atoms with van der Waals surface area (Å²) in [5.41, 5.74) is 11.2. The normalized spacial score (nSPS) is 12.3. The van der Waals surface area contributed by atoms with E-state index in [0.717, 1.165) is 27.7 Å². The maximum atomic E-state index is 13.7. The molecule has 0 bridgehead atoms. The van der Waals surface area contributed by atoms with Crippen LogP contribution in [-0.4, -0.2) is 15.5 Å². The van der Waals surface area contributed by atoms with Crippen molar-refractivity contribution >= 4 is 22.8 Å². The minimum Gasteiger partial charge on any atom is -0.507 e. The van der Waals surface area contributed by atoms with Crippen molar-refractivity contribution in [3.8, 4) is 5.75 Å². The number of anilines is 1. The number of phenols is 1. The van der Waals surface area contributed by atoms with E-state index in [1.165, 1.54) is 0 Å². The zero-order chi connectivity index (χ0) is 25.5. The summed E-state index contributed by atoms with van der Waals surface area (Å²) < 4.78 is 3.94. The Bertz CT molecular complexity index is 1350. The van der Waals surface area contributed by atoms with E-state index < -0.39 is 0 Å². The number of Topliss-reactive ketones (excluding diaryl/α,β-unsaturated/α-hetero) is 1. The van der Waals surface area contributed by atoms with Crippen molar-refractivity contribution in [2.24, 2.45) is 0 Å². The average Bonchev–Trinajstić information content (AvgIpc) is 3.04. The number of nitrogens with two attached hydrogens (primary N) is 1. The quantitative estimate of drug-likeness (QED) is 0.288. The number of para-hydroxylation sites is 2. The van der Waals surface area contributed by atoms with Gasteiger partial charge in [0.25, 0.3) is 0 Å². The van der Waals surface area contributed by atoms with Gasteiger partial charge in [0.2, 0.25) is 0 Å². The molecule has 1 heterocycles. The Labute approximate surface area is 207 Å². The highest BCUT2D eigenvalue weighted by atomic mass is 16.3. The topological polar surface area (TPSA) is 72.1 Å². The lowest BCUT2D eigenvalue weighted by Crippen LogP contribution is -2.37. The average molecular weight is 471 g/mol. The van der Waals surface area contributed by atoms with Crippen molar-refractivity contribution in [1.29, 1.82) is 0 Å². The van der Waals surface area contributed by atoms with Gasteiger partial charge in [-0.1, -0.05) is 84.0 Å². The van der Waals surface area contributed by atoms with E-state index in [0.29, 0.717) is 18.1 Å². The number of fused-ring (bicyclic) bond motifs is 1. The lowest BCUT2D eigenvalue weighted by Gasteiger charge is -2.28. The Hall–Kier alpha value is -3.60. The van der Waals surface area contributed by atoms with Crippen LogP contribution in [0.5, 0.6) is 5.75 Å². The number of aromatic nitrogens is 2. The molecule has 0 amide bonds. The highest BCUT2D eigenvalue weighted by Gasteiger charge is 2.29. The highest BCUT2D eigenvalue weighted by molar-refractivity contribution is 5.97. The fraction of sp³-hybridized carbons (Fsp3) is 0.333. The van der Waals surface area contributed by atoms with Gasteiger partial charge in [0.15, 0.2) is 5.78 Å². The molecule has 0 saturated carbocycles. The lowest BCUT2D eigenvalue weighted by atomic mass is 9.78. The second kappa shape index (κ2) is 8.88. The summed E-state index contributed by atoms with van der Waals surface area (Å²) in [5.74, 6) is 0.766. The minimum absolute atomic E-state index is 0.0414. The van der Waals surface area contributed by atoms with Gasteiger partial charge in [-0.05, 0) is 40.7 Å². The molecule has 3 aromatic carbocycles. The first-order chi connectivity index (χ1) is 16.4. The van der Waals surface area contributed by atoms with Crippen LogP contribution in [0.3, 0.4) is 0 Å². The van der Waals surface area contributed by atoms with E-state index in [2.05, 4.69) is 16.7 Å². The SMILES string of the molecule is CC(C)(C)c1cc(C(=O)Cn2c(N)[n+](Cc3ccccc3)c3ccccc32)cc(C(C)(C)C)c1O. The zero-order valence-electron chi connectivity index (χ0n) is 21.6. The molecule has 35 heavy (non-hydrogen) atoms. The summed E-state index contributed by atoms with van der Waals surface area (Å²) in [6.07, 6.45) is 0. The first-order valence-electron chi connectivity index (χ1n) is 12.1. The van der Waals surface area contributed by atoms with Crippen LogP contribution in [0.15, 0.2) is 66.7 Å². The van der Waals surface area contributed by atoms with E-state index in [4.69, 9.17) is 5.73 Å². The monoisotopic (exact) mass is 470 g/mol. The molecule has 4 rings (SSSR count). The predicted octanol–water partition coefficient (Wildman–Crippen LogP) is 5.74. The molecule has 0 aliphatic rings. The number of hydrogen-bond donors (Lipinski definition) is 2. The zero-order valence-corrected chi connectivity index (χ0v) is 21.6. The van der Waals surface area contributed by atoms with E-state index >= 15 is 0 Å². The van der Waals surface area contributed by atoms with Crippen LogP contribution in [0.2, 0.25) is 0 Å². The molecule has 4 aromatic rings. The fourth-order valence-electron chi connectivity index (χ4n) is 4.59. The summed E-state index contributed by atoms with van der Waals surface area (Å²) in [5, 5.41) is 11.0. The summed E-state index contributed by atoms with van der Waals surface area (Å²) in [4.78, 5) is 13.7. The Morgan fingerprint density at radius 2 is 1.43 bits per heavy atom. The molecule has 0 radical (unpaired) electrons. The molecule has 5 nitrogen and oxygen atoms in total. The van der Waals surface area contributed by atoms with Crippen LogP contribution in [0.25, 0.3) is 11.0 Å². The molecule has 182 valence electrons. The first-order valence-corrected chi connectivity index (χ1v) is 12.1. The van der Waals surface area contributed by atoms with Crippen molar-refractivity contribution in [2.45, 2.75) is 65.5 Å². The number of aromatic hydroxyl groups is 1. The van der Waals surface area contributed by atoms with Gasteiger partial charge in [0, 0.05) is 16.7 Å². The largest absolute Gasteiger partial charge is 0.507 e. The molecule has 0 unspecified atom stereocenters. The number of benzene rings is 3. The van der Waals surface area contributed by atoms with Crippen molar-refractivity contribution in [3.05, 3.63) is 89.0 Å². The molecule has 0 aliphatic carbocycles. The number of phenolic OH excluding ortho intramolecular Hbond substituents is 1. The van der Waals surface area contributed by atoms with Crippen LogP contribution in [0, 0.1) is 0 Å². The van der Waals surface area contributed by atoms with Gasteiger partial charge in [0.1, 0.15) is 23.3 Å². The maximum absolute atomic E-state index is 13.7. The van der Waals surface area contributed by atoms with Crippen LogP contribution in [0.1, 0.15) is 68.6 Å². The smallest absolute Gasteiger partial charge is 0.356 e. The van der Waals surface area contributed by atoms with Crippen LogP contribution < -0.4 is 10.3 Å². The molecule has 0 spiro atoms. The molecular weight excluding hydrogens is 434 g/mol. The van der Waals surface area contributed by atoms with Gasteiger partial charge in [-0.25, -0.2) is 9.13 Å². The van der Waals surface area contributed by atoms with Crippen LogP contribution in [-0.2, 0) is 23.9 Å². The van der Waals surface area contributed by atoms with Crippen LogP contribution in [0.4, 0.5) is 5.95 Å². The number of imidazole rings is 1. The second-order valence-corrected chi connectivity index (χ2v) is 11.3. The number of carbonyl (C=O) groups is 1. The molecular formula is C30H36N3O2+. The van der Waals surface area contributed by atoms with Gasteiger partial charge in [0.05, 0.1) is 6.54 Å². The summed E-state index contributed by atoms with van der Waals surface area (Å²) in [6.45, 7) is 13.0. The molecule has 0 saturated heterocycles. The third kappa shape index (κ3) is 4.81. The number of carbonyl (C=O) groups excluding carboxylic acids is 1. The van der Waals surface area contributed by atoms with Crippen molar-refractivity contribution in [3.63, 3.8) is 0 Å². The van der Waals surface area contributed by atoms with Gasteiger partial charge in [-0.15, -0.1) is 0 Å². The number of hydrogen-bond acceptors (Lipinski definition) is 3. The highest BCUT2D eigenvalue weighted by Crippen LogP contribution is 2.40. The first kappa shape index (κ1) is 24.5. The van der Waals surface area contributed by atoms with Crippen LogP contribution >= 0.6 is 0 Å². The Morgan fingerprint density at radius 3 is 2.00 bits per heavy atom. The van der Waals surface area contributed by atoms with Gasteiger partial charge < -0.3 is 5.11 Å². The van der Waals surface area contributed by atoms with Crippen molar-refractivity contribution < 1.29 is 14.5 Å². The van der Waals surface area contributed by atoms with E-state index in [1.54, 1.807) is 0 Å². The lowest BCUT2D eigenvalue weighted by molar-refractivity contribution is -0.648. The number of rotatable bonds is 5. The second-order valence-electron chi connectivity index (χ2n) is 11.3. The predicted molar refractivity (Wildman–Crippen MR) is 142 cm³/mol. The van der Waals surface area contributed by atoms with E-state index in [9.17, 15) is 9.90 Å². The Kier molecular flexibility index (Phi) is 6.22. The summed E-state index contributed by atoms with van der Waals surface area (Å²) in [6, 6.07) is 21.8. The number of nitrogen functional groups attached to an aromatic ring is 1. The number of nitrogens with zero attached hydrogens (tertiary/aromatic N) is 2. The van der Waals surface area contributed by atoms with Crippen molar-refractivity contribution in [1.82, 2.24) is 4.57 Å². The molecule has 0 fully saturated rings. The van der Waals surface area contributed by atoms with E-state index in [-0.39, 0.29) is 28.9 Å². The summed E-state index contributed by atoms with van der Waals surface area (Å²) in [7, 11) is 0. The fourth-order valence-corrected chi connectivity index (χ4v) is 4.59. The summed E-state index contributed by atoms with van der Waals surface area (Å²) >= 11 is 0. The van der Waals surface area contributed by atoms with E-state index in [1.807, 2.05) is 101 Å².